The molecule has 0 bridgehead atoms. The van der Waals surface area contributed by atoms with Gasteiger partial charge in [-0.3, -0.25) is 0 Å². The molecular formula is C13H10BrF3O6S. The Labute approximate surface area is 143 Å². The molecule has 24 heavy (non-hydrogen) atoms. The van der Waals surface area contributed by atoms with Gasteiger partial charge in [0.05, 0.1) is 24.9 Å². The van der Waals surface area contributed by atoms with Crippen molar-refractivity contribution in [2.24, 2.45) is 0 Å². The van der Waals surface area contributed by atoms with Gasteiger partial charge in [-0.15, -0.1) is 0 Å². The number of hydrogen-bond donors (Lipinski definition) is 0. The molecule has 0 atom stereocenters. The summed E-state index contributed by atoms with van der Waals surface area (Å²) in [7, 11) is -4.97. The highest BCUT2D eigenvalue weighted by Crippen LogP contribution is 2.39. The van der Waals surface area contributed by atoms with E-state index in [1.165, 1.54) is 18.2 Å². The second kappa shape index (κ2) is 6.63. The van der Waals surface area contributed by atoms with E-state index in [9.17, 15) is 26.4 Å². The molecule has 0 spiro atoms. The topological polar surface area (TPSA) is 78.9 Å². The van der Waals surface area contributed by atoms with Crippen LogP contribution in [0.5, 0.6) is 5.75 Å². The number of hydrogen-bond acceptors (Lipinski definition) is 6. The lowest BCUT2D eigenvalue weighted by atomic mass is 10.1. The van der Waals surface area contributed by atoms with Crippen molar-refractivity contribution < 1.29 is 40.0 Å². The van der Waals surface area contributed by atoms with Gasteiger partial charge in [0.25, 0.3) is 0 Å². The molecule has 11 heteroatoms. The van der Waals surface area contributed by atoms with Crippen molar-refractivity contribution in [3.05, 3.63) is 33.8 Å². The highest BCUT2D eigenvalue weighted by Gasteiger charge is 2.49. The van der Waals surface area contributed by atoms with Crippen molar-refractivity contribution in [2.75, 3.05) is 13.7 Å². The number of ether oxygens (including phenoxy) is 2. The van der Waals surface area contributed by atoms with Gasteiger partial charge in [-0.05, 0) is 18.2 Å². The first-order chi connectivity index (χ1) is 11.1. The summed E-state index contributed by atoms with van der Waals surface area (Å²) >= 11 is 3.12. The van der Waals surface area contributed by atoms with E-state index in [4.69, 9.17) is 4.74 Å². The lowest BCUT2D eigenvalue weighted by Gasteiger charge is -2.15. The molecule has 0 unspecified atom stereocenters. The molecule has 0 aromatic heterocycles. The van der Waals surface area contributed by atoms with Gasteiger partial charge in [0.2, 0.25) is 0 Å². The molecule has 1 aliphatic heterocycles. The molecular weight excluding hydrogens is 421 g/mol. The van der Waals surface area contributed by atoms with Crippen molar-refractivity contribution in [3.63, 3.8) is 0 Å². The van der Waals surface area contributed by atoms with E-state index in [2.05, 4.69) is 24.8 Å². The summed E-state index contributed by atoms with van der Waals surface area (Å²) in [4.78, 5) is 11.9. The highest BCUT2D eigenvalue weighted by molar-refractivity contribution is 9.10. The first-order valence-corrected chi connectivity index (χ1v) is 8.52. The third-order valence-corrected chi connectivity index (χ3v) is 4.42. The van der Waals surface area contributed by atoms with Crippen LogP contribution in [0.1, 0.15) is 12.0 Å². The molecule has 0 amide bonds. The molecule has 0 aliphatic carbocycles. The van der Waals surface area contributed by atoms with Crippen molar-refractivity contribution in [2.45, 2.75) is 11.9 Å². The Morgan fingerprint density at radius 3 is 2.58 bits per heavy atom. The normalized spacial score (nSPS) is 15.2. The van der Waals surface area contributed by atoms with E-state index >= 15 is 0 Å². The smallest absolute Gasteiger partial charge is 0.492 e. The van der Waals surface area contributed by atoms with Crippen molar-refractivity contribution in [3.8, 4) is 5.75 Å². The van der Waals surface area contributed by atoms with Crippen LogP contribution in [0, 0.1) is 0 Å². The molecule has 6 nitrogen and oxygen atoms in total. The molecule has 0 fully saturated rings. The van der Waals surface area contributed by atoms with Gasteiger partial charge in [0.15, 0.2) is 5.76 Å². The zero-order chi connectivity index (χ0) is 18.1. The fraction of sp³-hybridized carbons (Fsp3) is 0.308. The molecule has 0 saturated carbocycles. The maximum Gasteiger partial charge on any atom is 0.534 e. The number of benzene rings is 1. The van der Waals surface area contributed by atoms with Gasteiger partial charge >= 0.3 is 21.6 Å². The molecule has 0 N–H and O–H groups in total. The minimum absolute atomic E-state index is 0.0714. The summed E-state index contributed by atoms with van der Waals surface area (Å²) < 4.78 is 75.3. The summed E-state index contributed by atoms with van der Waals surface area (Å²) in [6.07, 6.45) is -0.193. The number of carbonyl (C=O) groups excluding carboxylic acids is 1. The third-order valence-electron chi connectivity index (χ3n) is 2.98. The predicted octanol–water partition coefficient (Wildman–Crippen LogP) is 2.98. The van der Waals surface area contributed by atoms with E-state index in [1.807, 2.05) is 0 Å². The summed E-state index contributed by atoms with van der Waals surface area (Å²) in [5.74, 6) is -1.71. The van der Waals surface area contributed by atoms with Gasteiger partial charge in [0, 0.05) is 10.9 Å². The maximum atomic E-state index is 12.7. The second-order valence-corrected chi connectivity index (χ2v) is 6.97. The molecule has 1 heterocycles. The zero-order valence-corrected chi connectivity index (χ0v) is 14.4. The summed E-state index contributed by atoms with van der Waals surface area (Å²) in [6.45, 7) is -0.0714. The molecule has 0 radical (unpaired) electrons. The zero-order valence-electron chi connectivity index (χ0n) is 12.0. The minimum Gasteiger partial charge on any atom is -0.492 e. The summed E-state index contributed by atoms with van der Waals surface area (Å²) in [5.41, 5.74) is -6.14. The van der Waals surface area contributed by atoms with Crippen LogP contribution in [0.2, 0.25) is 0 Å². The first kappa shape index (κ1) is 18.6. The molecule has 0 saturated heterocycles. The van der Waals surface area contributed by atoms with Crippen LogP contribution in [0.25, 0.3) is 5.76 Å². The number of alkyl halides is 3. The molecule has 1 aromatic carbocycles. The van der Waals surface area contributed by atoms with Crippen LogP contribution in [0.15, 0.2) is 28.2 Å². The SMILES string of the molecule is COC(=O)C1=C(OS(=O)(=O)C(F)(F)F)c2cc(Br)ccc2OCC1. The first-order valence-electron chi connectivity index (χ1n) is 6.32. The lowest BCUT2D eigenvalue weighted by Crippen LogP contribution is -2.26. The average molecular weight is 431 g/mol. The average Bonchev–Trinajstić information content (AvgIpc) is 2.65. The Bertz CT molecular complexity index is 800. The Hall–Kier alpha value is -1.75. The van der Waals surface area contributed by atoms with Gasteiger partial charge in [-0.25, -0.2) is 4.79 Å². The lowest BCUT2D eigenvalue weighted by molar-refractivity contribution is -0.136. The number of fused-ring (bicyclic) bond motifs is 1. The number of esters is 1. The van der Waals surface area contributed by atoms with E-state index < -0.39 is 27.4 Å². The van der Waals surface area contributed by atoms with E-state index in [-0.39, 0.29) is 29.9 Å². The van der Waals surface area contributed by atoms with E-state index in [0.29, 0.717) is 4.47 Å². The second-order valence-electron chi connectivity index (χ2n) is 4.52. The Morgan fingerprint density at radius 1 is 1.33 bits per heavy atom. The van der Waals surface area contributed by atoms with Gasteiger partial charge in [-0.2, -0.15) is 21.6 Å². The van der Waals surface area contributed by atoms with Gasteiger partial charge in [-0.1, -0.05) is 15.9 Å². The predicted molar refractivity (Wildman–Crippen MR) is 79.2 cm³/mol. The van der Waals surface area contributed by atoms with Crippen LogP contribution < -0.4 is 4.74 Å². The van der Waals surface area contributed by atoms with Gasteiger partial charge in [0.1, 0.15) is 5.75 Å². The van der Waals surface area contributed by atoms with E-state index in [0.717, 1.165) is 7.11 Å². The third kappa shape index (κ3) is 3.66. The fourth-order valence-electron chi connectivity index (χ4n) is 1.91. The standard InChI is InChI=1S/C13H10BrF3O6S/c1-21-12(18)8-4-5-22-10-3-2-7(14)6-9(10)11(8)23-24(19,20)13(15,16)17/h2-3,6H,4-5H2,1H3. The number of rotatable bonds is 3. The van der Waals surface area contributed by atoms with Crippen LogP contribution in [0.3, 0.4) is 0 Å². The van der Waals surface area contributed by atoms with Crippen molar-refractivity contribution in [1.82, 2.24) is 0 Å². The fourth-order valence-corrected chi connectivity index (χ4v) is 2.78. The summed E-state index contributed by atoms with van der Waals surface area (Å²) in [5, 5.41) is 0. The number of halogens is 4. The minimum atomic E-state index is -5.98. The molecule has 1 aliphatic rings. The van der Waals surface area contributed by atoms with Gasteiger partial charge < -0.3 is 13.7 Å². The van der Waals surface area contributed by atoms with Crippen molar-refractivity contribution >= 4 is 37.8 Å². The highest BCUT2D eigenvalue weighted by atomic mass is 79.9. The van der Waals surface area contributed by atoms with Crippen LogP contribution in [-0.2, 0) is 23.8 Å². The quantitative estimate of drug-likeness (QED) is 0.416. The number of carbonyl (C=O) groups is 1. The van der Waals surface area contributed by atoms with Crippen molar-refractivity contribution in [1.29, 1.82) is 0 Å². The van der Waals surface area contributed by atoms with Crippen LogP contribution in [-0.4, -0.2) is 33.6 Å². The van der Waals surface area contributed by atoms with Crippen LogP contribution in [0.4, 0.5) is 13.2 Å². The molecule has 1 aromatic rings. The van der Waals surface area contributed by atoms with E-state index in [1.54, 1.807) is 0 Å². The molecule has 132 valence electrons. The monoisotopic (exact) mass is 430 g/mol. The molecule has 2 rings (SSSR count). The largest absolute Gasteiger partial charge is 0.534 e. The maximum absolute atomic E-state index is 12.7. The Balaban J connectivity index is 2.69. The summed E-state index contributed by atoms with van der Waals surface area (Å²) in [6, 6.07) is 4.23. The Morgan fingerprint density at radius 2 is 2.00 bits per heavy atom. The van der Waals surface area contributed by atoms with Crippen LogP contribution >= 0.6 is 15.9 Å². The number of methoxy groups -OCH3 is 1. The Kier molecular flexibility index (Phi) is 5.14.